The number of carbonyl (C=O) groups is 2. The molecular formula is C16H21N3O5S. The molecule has 25 heavy (non-hydrogen) atoms. The molecule has 1 rings (SSSR count). The van der Waals surface area contributed by atoms with Crippen molar-refractivity contribution in [1.82, 2.24) is 10.0 Å². The molecule has 0 unspecified atom stereocenters. The van der Waals surface area contributed by atoms with Crippen molar-refractivity contribution in [3.8, 4) is 6.07 Å². The van der Waals surface area contributed by atoms with Crippen LogP contribution < -0.4 is 10.0 Å². The van der Waals surface area contributed by atoms with Gasteiger partial charge in [-0.2, -0.15) is 9.98 Å². The predicted octanol–water partition coefficient (Wildman–Crippen LogP) is 0.563. The minimum Gasteiger partial charge on any atom is -0.455 e. The van der Waals surface area contributed by atoms with Gasteiger partial charge in [-0.15, -0.1) is 0 Å². The standard InChI is InChI=1S/C16H21N3O5S/c1-12(2)16(3,11-17)19-14(20)10-24-15(21)9-18-25(22,23)13-7-5-4-6-8-13/h4-8,12,18H,9-10H2,1-3H3,(H,19,20)/t16-/m1/s1. The first-order chi connectivity index (χ1) is 11.6. The van der Waals surface area contributed by atoms with Gasteiger partial charge in [0.15, 0.2) is 6.61 Å². The van der Waals surface area contributed by atoms with Gasteiger partial charge in [-0.05, 0) is 25.0 Å². The Morgan fingerprint density at radius 1 is 1.28 bits per heavy atom. The molecule has 0 saturated carbocycles. The molecule has 1 aromatic carbocycles. The fourth-order valence-electron chi connectivity index (χ4n) is 1.66. The maximum absolute atomic E-state index is 11.9. The van der Waals surface area contributed by atoms with Crippen molar-refractivity contribution in [3.05, 3.63) is 30.3 Å². The van der Waals surface area contributed by atoms with Crippen LogP contribution in [0.1, 0.15) is 20.8 Å². The third-order valence-corrected chi connectivity index (χ3v) is 5.03. The average Bonchev–Trinajstić information content (AvgIpc) is 2.58. The summed E-state index contributed by atoms with van der Waals surface area (Å²) in [6.07, 6.45) is 0. The summed E-state index contributed by atoms with van der Waals surface area (Å²) in [5.41, 5.74) is -1.08. The van der Waals surface area contributed by atoms with Crippen molar-refractivity contribution < 1.29 is 22.7 Å². The molecule has 1 amide bonds. The molecule has 0 aliphatic heterocycles. The molecule has 2 N–H and O–H groups in total. The lowest BCUT2D eigenvalue weighted by Crippen LogP contribution is -2.50. The van der Waals surface area contributed by atoms with Crippen LogP contribution in [0.15, 0.2) is 35.2 Å². The Morgan fingerprint density at radius 3 is 2.40 bits per heavy atom. The van der Waals surface area contributed by atoms with Crippen molar-refractivity contribution >= 4 is 21.9 Å². The van der Waals surface area contributed by atoms with Crippen molar-refractivity contribution in [3.63, 3.8) is 0 Å². The second-order valence-corrected chi connectivity index (χ2v) is 7.58. The highest BCUT2D eigenvalue weighted by molar-refractivity contribution is 7.89. The number of hydrogen-bond acceptors (Lipinski definition) is 6. The zero-order valence-electron chi connectivity index (χ0n) is 14.3. The molecule has 0 aromatic heterocycles. The maximum atomic E-state index is 11.9. The summed E-state index contributed by atoms with van der Waals surface area (Å²) in [6, 6.07) is 9.54. The van der Waals surface area contributed by atoms with E-state index >= 15 is 0 Å². The second kappa shape index (κ2) is 8.60. The van der Waals surface area contributed by atoms with Gasteiger partial charge in [0, 0.05) is 0 Å². The van der Waals surface area contributed by atoms with Crippen LogP contribution in [0.3, 0.4) is 0 Å². The first kappa shape index (κ1) is 20.6. The molecule has 1 aromatic rings. The van der Waals surface area contributed by atoms with Gasteiger partial charge in [0.1, 0.15) is 12.1 Å². The van der Waals surface area contributed by atoms with Crippen LogP contribution in [-0.2, 0) is 24.3 Å². The van der Waals surface area contributed by atoms with Crippen molar-refractivity contribution in [2.75, 3.05) is 13.2 Å². The van der Waals surface area contributed by atoms with Crippen LogP contribution in [0.2, 0.25) is 0 Å². The molecule has 0 heterocycles. The molecule has 0 spiro atoms. The number of esters is 1. The largest absolute Gasteiger partial charge is 0.455 e. The lowest BCUT2D eigenvalue weighted by molar-refractivity contribution is -0.147. The molecule has 1 atom stereocenters. The summed E-state index contributed by atoms with van der Waals surface area (Å²) in [7, 11) is -3.83. The highest BCUT2D eigenvalue weighted by atomic mass is 32.2. The summed E-state index contributed by atoms with van der Waals surface area (Å²) < 4.78 is 30.7. The smallest absolute Gasteiger partial charge is 0.321 e. The Kier molecular flexibility index (Phi) is 7.09. The lowest BCUT2D eigenvalue weighted by atomic mass is 9.90. The molecular weight excluding hydrogens is 346 g/mol. The topological polar surface area (TPSA) is 125 Å². The van der Waals surface area contributed by atoms with Crippen LogP contribution in [0.5, 0.6) is 0 Å². The molecule has 0 radical (unpaired) electrons. The monoisotopic (exact) mass is 367 g/mol. The van der Waals surface area contributed by atoms with Crippen LogP contribution in [0.25, 0.3) is 0 Å². The highest BCUT2D eigenvalue weighted by Gasteiger charge is 2.30. The number of sulfonamides is 1. The number of amides is 1. The third-order valence-electron chi connectivity index (χ3n) is 3.61. The zero-order chi connectivity index (χ0) is 19.1. The number of nitriles is 1. The molecule has 0 fully saturated rings. The van der Waals surface area contributed by atoms with Crippen molar-refractivity contribution in [1.29, 1.82) is 5.26 Å². The number of carbonyl (C=O) groups excluding carboxylic acids is 2. The first-order valence-electron chi connectivity index (χ1n) is 7.53. The molecule has 9 heteroatoms. The summed E-state index contributed by atoms with van der Waals surface area (Å²) in [4.78, 5) is 23.4. The zero-order valence-corrected chi connectivity index (χ0v) is 15.1. The molecule has 0 aliphatic carbocycles. The van der Waals surface area contributed by atoms with E-state index in [0.29, 0.717) is 0 Å². The van der Waals surface area contributed by atoms with Gasteiger partial charge in [-0.1, -0.05) is 32.0 Å². The summed E-state index contributed by atoms with van der Waals surface area (Å²) in [5.74, 6) is -1.69. The van der Waals surface area contributed by atoms with E-state index < -0.39 is 40.6 Å². The van der Waals surface area contributed by atoms with Crippen LogP contribution in [0, 0.1) is 17.2 Å². The Balaban J connectivity index is 2.48. The Labute approximate surface area is 147 Å². The number of rotatable bonds is 8. The van der Waals surface area contributed by atoms with Gasteiger partial charge < -0.3 is 10.1 Å². The van der Waals surface area contributed by atoms with Crippen LogP contribution in [-0.4, -0.2) is 39.0 Å². The van der Waals surface area contributed by atoms with Gasteiger partial charge in [-0.3, -0.25) is 9.59 Å². The van der Waals surface area contributed by atoms with E-state index in [2.05, 4.69) is 10.0 Å². The first-order valence-corrected chi connectivity index (χ1v) is 9.01. The van der Waals surface area contributed by atoms with E-state index in [1.807, 2.05) is 6.07 Å². The van der Waals surface area contributed by atoms with E-state index in [4.69, 9.17) is 10.00 Å². The van der Waals surface area contributed by atoms with Crippen molar-refractivity contribution in [2.45, 2.75) is 31.2 Å². The number of hydrogen-bond donors (Lipinski definition) is 2. The molecule has 8 nitrogen and oxygen atoms in total. The summed E-state index contributed by atoms with van der Waals surface area (Å²) in [6.45, 7) is 3.90. The fraction of sp³-hybridized carbons (Fsp3) is 0.438. The van der Waals surface area contributed by atoms with Gasteiger partial charge in [-0.25, -0.2) is 8.42 Å². The predicted molar refractivity (Wildman–Crippen MR) is 89.6 cm³/mol. The number of nitrogens with one attached hydrogen (secondary N) is 2. The number of ether oxygens (including phenoxy) is 1. The van der Waals surface area contributed by atoms with E-state index in [1.54, 1.807) is 39.0 Å². The second-order valence-electron chi connectivity index (χ2n) is 5.82. The number of benzene rings is 1. The molecule has 136 valence electrons. The minimum atomic E-state index is -3.83. The summed E-state index contributed by atoms with van der Waals surface area (Å²) in [5, 5.41) is 11.6. The van der Waals surface area contributed by atoms with Gasteiger partial charge in [0.2, 0.25) is 10.0 Å². The highest BCUT2D eigenvalue weighted by Crippen LogP contribution is 2.14. The average molecular weight is 367 g/mol. The quantitative estimate of drug-likeness (QED) is 0.647. The maximum Gasteiger partial charge on any atom is 0.321 e. The SMILES string of the molecule is CC(C)[C@@](C)(C#N)NC(=O)COC(=O)CNS(=O)(=O)c1ccccc1. The van der Waals surface area contributed by atoms with E-state index in [1.165, 1.54) is 12.1 Å². The normalized spacial score (nSPS) is 13.6. The van der Waals surface area contributed by atoms with E-state index in [-0.39, 0.29) is 10.8 Å². The van der Waals surface area contributed by atoms with Gasteiger partial charge >= 0.3 is 5.97 Å². The summed E-state index contributed by atoms with van der Waals surface area (Å²) >= 11 is 0. The van der Waals surface area contributed by atoms with E-state index in [0.717, 1.165) is 0 Å². The molecule has 0 bridgehead atoms. The van der Waals surface area contributed by atoms with Gasteiger partial charge in [0.05, 0.1) is 11.0 Å². The Hall–Kier alpha value is -2.44. The molecule has 0 saturated heterocycles. The van der Waals surface area contributed by atoms with Crippen LogP contribution in [0.4, 0.5) is 0 Å². The third kappa shape index (κ3) is 6.17. The lowest BCUT2D eigenvalue weighted by Gasteiger charge is -2.27. The van der Waals surface area contributed by atoms with Gasteiger partial charge in [0.25, 0.3) is 5.91 Å². The Morgan fingerprint density at radius 2 is 1.88 bits per heavy atom. The molecule has 0 aliphatic rings. The Bertz CT molecular complexity index is 756. The van der Waals surface area contributed by atoms with Crippen molar-refractivity contribution in [2.24, 2.45) is 5.92 Å². The fourth-order valence-corrected chi connectivity index (χ4v) is 2.65. The van der Waals surface area contributed by atoms with E-state index in [9.17, 15) is 18.0 Å². The van der Waals surface area contributed by atoms with Crippen LogP contribution >= 0.6 is 0 Å². The number of nitrogens with zero attached hydrogens (tertiary/aromatic N) is 1. The minimum absolute atomic E-state index is 0.0160.